The van der Waals surface area contributed by atoms with Crippen LogP contribution in [0.1, 0.15) is 0 Å². The molecule has 0 saturated carbocycles. The summed E-state index contributed by atoms with van der Waals surface area (Å²) < 4.78 is 3.54. The summed E-state index contributed by atoms with van der Waals surface area (Å²) in [5, 5.41) is 3.37. The molecule has 0 spiro atoms. The minimum atomic E-state index is 0.912. The normalized spacial score (nSPS) is 11.5. The number of hydrogen-bond acceptors (Lipinski definition) is 5. The molecule has 9 rings (SSSR count). The summed E-state index contributed by atoms with van der Waals surface area (Å²) in [4.78, 5) is 18.9. The zero-order chi connectivity index (χ0) is 30.5. The largest absolute Gasteiger partial charge is 0.309 e. The second-order valence-electron chi connectivity index (χ2n) is 11.2. The molecule has 0 unspecified atom stereocenters. The van der Waals surface area contributed by atoms with E-state index in [4.69, 9.17) is 9.97 Å². The fraction of sp³-hybridized carbons (Fsp3) is 0. The average Bonchev–Trinajstić information content (AvgIpc) is 3.71. The van der Waals surface area contributed by atoms with E-state index in [1.54, 1.807) is 17.5 Å². The van der Waals surface area contributed by atoms with Crippen molar-refractivity contribution in [1.29, 1.82) is 0 Å². The molecule has 0 bridgehead atoms. The smallest absolute Gasteiger partial charge is 0.124 e. The first kappa shape index (κ1) is 26.4. The summed E-state index contributed by atoms with van der Waals surface area (Å²) in [6, 6.07) is 46.4. The van der Waals surface area contributed by atoms with Crippen LogP contribution >= 0.6 is 11.3 Å². The zero-order valence-corrected chi connectivity index (χ0v) is 25.4. The van der Waals surface area contributed by atoms with Gasteiger partial charge in [0.1, 0.15) is 5.01 Å². The second-order valence-corrected chi connectivity index (χ2v) is 12.2. The van der Waals surface area contributed by atoms with Gasteiger partial charge < -0.3 is 4.57 Å². The van der Waals surface area contributed by atoms with Crippen molar-refractivity contribution in [3.63, 3.8) is 0 Å². The maximum Gasteiger partial charge on any atom is 0.124 e. The fourth-order valence-corrected chi connectivity index (χ4v) is 7.14. The Balaban J connectivity index is 1.22. The number of hydrogen-bond donors (Lipinski definition) is 0. The maximum absolute atomic E-state index is 4.97. The molecule has 5 aromatic heterocycles. The van der Waals surface area contributed by atoms with Gasteiger partial charge in [0.25, 0.3) is 0 Å². The minimum absolute atomic E-state index is 0.912. The molecule has 0 aliphatic heterocycles. The van der Waals surface area contributed by atoms with E-state index in [0.29, 0.717) is 0 Å². The average molecular weight is 608 g/mol. The van der Waals surface area contributed by atoms with E-state index in [2.05, 4.69) is 112 Å². The van der Waals surface area contributed by atoms with Crippen LogP contribution in [0.25, 0.3) is 82.1 Å². The van der Waals surface area contributed by atoms with Gasteiger partial charge >= 0.3 is 0 Å². The van der Waals surface area contributed by atoms with E-state index in [-0.39, 0.29) is 0 Å². The van der Waals surface area contributed by atoms with Gasteiger partial charge in [0.15, 0.2) is 0 Å². The first-order chi connectivity index (χ1) is 22.8. The summed E-state index contributed by atoms with van der Waals surface area (Å²) in [6.45, 7) is 0. The monoisotopic (exact) mass is 607 g/mol. The Kier molecular flexibility index (Phi) is 6.25. The van der Waals surface area contributed by atoms with Gasteiger partial charge in [0, 0.05) is 57.3 Å². The first-order valence-corrected chi connectivity index (χ1v) is 15.9. The molecule has 5 nitrogen and oxygen atoms in total. The van der Waals surface area contributed by atoms with Crippen molar-refractivity contribution in [2.45, 2.75) is 0 Å². The summed E-state index contributed by atoms with van der Waals surface area (Å²) in [6.07, 6.45) is 5.55. The van der Waals surface area contributed by atoms with E-state index in [1.807, 2.05) is 48.8 Å². The Bertz CT molecular complexity index is 2480. The van der Waals surface area contributed by atoms with Crippen molar-refractivity contribution in [2.24, 2.45) is 0 Å². The first-order valence-electron chi connectivity index (χ1n) is 15.1. The molecule has 0 atom stereocenters. The van der Waals surface area contributed by atoms with E-state index >= 15 is 0 Å². The van der Waals surface area contributed by atoms with Gasteiger partial charge in [-0.2, -0.15) is 0 Å². The molecule has 0 aliphatic carbocycles. The van der Waals surface area contributed by atoms with Crippen molar-refractivity contribution in [3.8, 4) is 50.0 Å². The molecule has 0 fully saturated rings. The standard InChI is InChI=1S/C40H25N5S/c1-2-13-39-36(12-1)44-40(46-39)28-14-17-31-32-23-27(33-10-3-5-20-41-33)16-19-37(32)45(38(31)24-28)30-9-7-8-26(22-30)35-18-15-29(25-43-35)34-11-4-6-21-42-34/h1-25H. The maximum atomic E-state index is 4.97. The van der Waals surface area contributed by atoms with Crippen molar-refractivity contribution in [2.75, 3.05) is 0 Å². The van der Waals surface area contributed by atoms with Gasteiger partial charge in [-0.15, -0.1) is 11.3 Å². The van der Waals surface area contributed by atoms with Crippen LogP contribution in [0.2, 0.25) is 0 Å². The van der Waals surface area contributed by atoms with E-state index in [0.717, 1.165) is 66.6 Å². The lowest BCUT2D eigenvalue weighted by Gasteiger charge is -2.11. The number of thiazole rings is 1. The number of benzene rings is 4. The lowest BCUT2D eigenvalue weighted by molar-refractivity contribution is 1.18. The van der Waals surface area contributed by atoms with Gasteiger partial charge in [-0.3, -0.25) is 15.0 Å². The molecule has 0 saturated heterocycles. The molecule has 46 heavy (non-hydrogen) atoms. The molecule has 0 N–H and O–H groups in total. The number of nitrogens with zero attached hydrogens (tertiary/aromatic N) is 5. The van der Waals surface area contributed by atoms with E-state index < -0.39 is 0 Å². The van der Waals surface area contributed by atoms with Crippen molar-refractivity contribution in [3.05, 3.63) is 152 Å². The number of pyridine rings is 3. The fourth-order valence-electron chi connectivity index (χ4n) is 6.17. The lowest BCUT2D eigenvalue weighted by Crippen LogP contribution is -1.95. The number of fused-ring (bicyclic) bond motifs is 4. The zero-order valence-electron chi connectivity index (χ0n) is 24.6. The summed E-state index contributed by atoms with van der Waals surface area (Å²) in [5.41, 5.74) is 11.4. The highest BCUT2D eigenvalue weighted by Crippen LogP contribution is 2.39. The molecule has 5 heterocycles. The Morgan fingerprint density at radius 3 is 2.00 bits per heavy atom. The molecule has 0 aliphatic rings. The molecule has 0 amide bonds. The van der Waals surface area contributed by atoms with Gasteiger partial charge in [0.05, 0.1) is 38.3 Å². The Labute approximate surface area is 269 Å². The van der Waals surface area contributed by atoms with Crippen LogP contribution in [0.4, 0.5) is 0 Å². The Morgan fingerprint density at radius 1 is 0.478 bits per heavy atom. The molecular weight excluding hydrogens is 583 g/mol. The quantitative estimate of drug-likeness (QED) is 0.195. The van der Waals surface area contributed by atoms with Crippen LogP contribution in [-0.2, 0) is 0 Å². The Hall–Kier alpha value is -5.98. The summed E-state index contributed by atoms with van der Waals surface area (Å²) in [5.74, 6) is 0. The molecule has 4 aromatic carbocycles. The van der Waals surface area contributed by atoms with Crippen molar-refractivity contribution in [1.82, 2.24) is 24.5 Å². The Morgan fingerprint density at radius 2 is 1.22 bits per heavy atom. The van der Waals surface area contributed by atoms with Crippen LogP contribution in [0.5, 0.6) is 0 Å². The highest BCUT2D eigenvalue weighted by Gasteiger charge is 2.17. The SMILES string of the molecule is c1ccc(-c2ccc(-c3cccc(-n4c5ccc(-c6ccccn6)cc5c5ccc(-c6nc7ccccc7s6)cc54)c3)nc2)nc1. The lowest BCUT2D eigenvalue weighted by atomic mass is 10.1. The van der Waals surface area contributed by atoms with E-state index in [9.17, 15) is 0 Å². The molecule has 0 radical (unpaired) electrons. The highest BCUT2D eigenvalue weighted by molar-refractivity contribution is 7.21. The number of rotatable bonds is 5. The van der Waals surface area contributed by atoms with Crippen LogP contribution < -0.4 is 0 Å². The van der Waals surface area contributed by atoms with Crippen LogP contribution in [0.15, 0.2) is 152 Å². The van der Waals surface area contributed by atoms with E-state index in [1.165, 1.54) is 15.5 Å². The third kappa shape index (κ3) is 4.55. The number of para-hydroxylation sites is 1. The predicted octanol–water partition coefficient (Wildman–Crippen LogP) is 10.2. The molecular formula is C40H25N5S. The molecule has 9 aromatic rings. The topological polar surface area (TPSA) is 56.5 Å². The van der Waals surface area contributed by atoms with Gasteiger partial charge in [0.2, 0.25) is 0 Å². The third-order valence-corrected chi connectivity index (χ3v) is 9.48. The highest BCUT2D eigenvalue weighted by atomic mass is 32.1. The van der Waals surface area contributed by atoms with Crippen molar-refractivity contribution < 1.29 is 0 Å². The van der Waals surface area contributed by atoms with Crippen LogP contribution in [-0.4, -0.2) is 24.5 Å². The predicted molar refractivity (Wildman–Crippen MR) is 189 cm³/mol. The van der Waals surface area contributed by atoms with Crippen LogP contribution in [0.3, 0.4) is 0 Å². The summed E-state index contributed by atoms with van der Waals surface area (Å²) >= 11 is 1.73. The van der Waals surface area contributed by atoms with Gasteiger partial charge in [-0.25, -0.2) is 4.98 Å². The minimum Gasteiger partial charge on any atom is -0.309 e. The third-order valence-electron chi connectivity index (χ3n) is 8.39. The second kappa shape index (κ2) is 10.9. The molecule has 6 heteroatoms. The van der Waals surface area contributed by atoms with Crippen LogP contribution in [0, 0.1) is 0 Å². The van der Waals surface area contributed by atoms with Gasteiger partial charge in [-0.05, 0) is 78.9 Å². The number of aromatic nitrogens is 5. The van der Waals surface area contributed by atoms with Crippen molar-refractivity contribution >= 4 is 43.4 Å². The summed E-state index contributed by atoms with van der Waals surface area (Å²) in [7, 11) is 0. The van der Waals surface area contributed by atoms with Gasteiger partial charge in [-0.1, -0.05) is 54.6 Å². The molecule has 216 valence electrons.